The maximum atomic E-state index is 11.2. The lowest BCUT2D eigenvalue weighted by atomic mass is 10.0. The van der Waals surface area contributed by atoms with E-state index in [2.05, 4.69) is 43.6 Å². The Hall–Kier alpha value is -2.69. The SMILES string of the molecule is CC.CCc1cc(C)cc(N=C(OC=O)c2cccnc2N2CC[C@H](C)C2)c1C. The Labute approximate surface area is 174 Å². The van der Waals surface area contributed by atoms with Crippen LogP contribution in [-0.2, 0) is 16.0 Å². The maximum Gasteiger partial charge on any atom is 0.299 e. The molecule has 29 heavy (non-hydrogen) atoms. The molecule has 0 amide bonds. The van der Waals surface area contributed by atoms with E-state index < -0.39 is 0 Å². The molecule has 1 aromatic carbocycles. The smallest absolute Gasteiger partial charge is 0.299 e. The highest BCUT2D eigenvalue weighted by molar-refractivity contribution is 6.03. The highest BCUT2D eigenvalue weighted by Gasteiger charge is 2.24. The first-order valence-corrected chi connectivity index (χ1v) is 10.5. The highest BCUT2D eigenvalue weighted by atomic mass is 16.5. The zero-order chi connectivity index (χ0) is 21.4. The van der Waals surface area contributed by atoms with Crippen LogP contribution in [0, 0.1) is 19.8 Å². The summed E-state index contributed by atoms with van der Waals surface area (Å²) in [4.78, 5) is 22.7. The van der Waals surface area contributed by atoms with Crippen LogP contribution in [0.3, 0.4) is 0 Å². The predicted octanol–water partition coefficient (Wildman–Crippen LogP) is 5.38. The molecular weight excluding hydrogens is 362 g/mol. The van der Waals surface area contributed by atoms with Crippen molar-refractivity contribution in [1.29, 1.82) is 0 Å². The Morgan fingerprint density at radius 2 is 2.10 bits per heavy atom. The van der Waals surface area contributed by atoms with Crippen LogP contribution in [0.15, 0.2) is 35.5 Å². The molecule has 0 aliphatic carbocycles. The molecule has 2 heterocycles. The van der Waals surface area contributed by atoms with Crippen LogP contribution < -0.4 is 4.90 Å². The number of hydrogen-bond acceptors (Lipinski definition) is 5. The van der Waals surface area contributed by atoms with Gasteiger partial charge in [0.2, 0.25) is 5.90 Å². The molecule has 0 bridgehead atoms. The zero-order valence-corrected chi connectivity index (χ0v) is 18.5. The van der Waals surface area contributed by atoms with Crippen LogP contribution >= 0.6 is 0 Å². The Morgan fingerprint density at radius 3 is 2.72 bits per heavy atom. The van der Waals surface area contributed by atoms with Gasteiger partial charge in [0.15, 0.2) is 0 Å². The van der Waals surface area contributed by atoms with Gasteiger partial charge in [0.25, 0.3) is 6.47 Å². The first-order valence-electron chi connectivity index (χ1n) is 10.5. The van der Waals surface area contributed by atoms with Crippen LogP contribution in [0.25, 0.3) is 0 Å². The molecule has 3 rings (SSSR count). The van der Waals surface area contributed by atoms with Crippen LogP contribution in [0.5, 0.6) is 0 Å². The fourth-order valence-electron chi connectivity index (χ4n) is 3.64. The Morgan fingerprint density at radius 1 is 1.34 bits per heavy atom. The number of pyridine rings is 1. The van der Waals surface area contributed by atoms with Crippen molar-refractivity contribution in [1.82, 2.24) is 4.98 Å². The van der Waals surface area contributed by atoms with E-state index in [0.29, 0.717) is 18.3 Å². The van der Waals surface area contributed by atoms with Gasteiger partial charge < -0.3 is 9.64 Å². The van der Waals surface area contributed by atoms with Gasteiger partial charge in [-0.25, -0.2) is 9.98 Å². The summed E-state index contributed by atoms with van der Waals surface area (Å²) in [5, 5.41) is 0. The van der Waals surface area contributed by atoms with E-state index in [1.807, 2.05) is 32.0 Å². The summed E-state index contributed by atoms with van der Waals surface area (Å²) in [5.41, 5.74) is 5.07. The van der Waals surface area contributed by atoms with Gasteiger partial charge in [-0.3, -0.25) is 4.79 Å². The quantitative estimate of drug-likeness (QED) is 0.387. The van der Waals surface area contributed by atoms with E-state index in [0.717, 1.165) is 54.1 Å². The number of carbonyl (C=O) groups is 1. The number of aromatic nitrogens is 1. The molecule has 0 N–H and O–H groups in total. The average Bonchev–Trinajstić information content (AvgIpc) is 3.17. The van der Waals surface area contributed by atoms with Crippen LogP contribution in [-0.4, -0.2) is 30.4 Å². The molecule has 1 fully saturated rings. The van der Waals surface area contributed by atoms with Crippen LogP contribution in [0.2, 0.25) is 0 Å². The molecule has 1 aliphatic heterocycles. The molecule has 2 aromatic rings. The second-order valence-electron chi connectivity index (χ2n) is 7.27. The zero-order valence-electron chi connectivity index (χ0n) is 18.5. The van der Waals surface area contributed by atoms with E-state index >= 15 is 0 Å². The highest BCUT2D eigenvalue weighted by Crippen LogP contribution is 2.29. The Kier molecular flexibility index (Phi) is 8.37. The van der Waals surface area contributed by atoms with Gasteiger partial charge in [-0.2, -0.15) is 0 Å². The Balaban J connectivity index is 0.00000145. The summed E-state index contributed by atoms with van der Waals surface area (Å²) in [6.07, 6.45) is 3.84. The van der Waals surface area contributed by atoms with Gasteiger partial charge in [-0.15, -0.1) is 0 Å². The molecule has 1 saturated heterocycles. The van der Waals surface area contributed by atoms with E-state index in [1.54, 1.807) is 6.20 Å². The van der Waals surface area contributed by atoms with Gasteiger partial charge in [0.1, 0.15) is 5.82 Å². The summed E-state index contributed by atoms with van der Waals surface area (Å²) in [5.74, 6) is 1.74. The molecule has 0 radical (unpaired) electrons. The number of anilines is 1. The minimum absolute atomic E-state index is 0.295. The number of aliphatic imine (C=N–C) groups is 1. The number of rotatable bonds is 5. The molecule has 0 saturated carbocycles. The van der Waals surface area contributed by atoms with E-state index in [-0.39, 0.29) is 0 Å². The summed E-state index contributed by atoms with van der Waals surface area (Å²) < 4.78 is 5.33. The number of benzene rings is 1. The minimum Gasteiger partial charge on any atom is -0.409 e. The summed E-state index contributed by atoms with van der Waals surface area (Å²) in [6, 6.07) is 7.97. The van der Waals surface area contributed by atoms with Crippen molar-refractivity contribution < 1.29 is 9.53 Å². The summed E-state index contributed by atoms with van der Waals surface area (Å²) in [7, 11) is 0. The fourth-order valence-corrected chi connectivity index (χ4v) is 3.64. The molecule has 1 atom stereocenters. The molecule has 1 aromatic heterocycles. The van der Waals surface area contributed by atoms with Crippen molar-refractivity contribution in [3.8, 4) is 0 Å². The predicted molar refractivity (Wildman–Crippen MR) is 120 cm³/mol. The third-order valence-electron chi connectivity index (χ3n) is 5.14. The largest absolute Gasteiger partial charge is 0.409 e. The number of nitrogens with zero attached hydrogens (tertiary/aromatic N) is 3. The maximum absolute atomic E-state index is 11.2. The molecule has 1 aliphatic rings. The van der Waals surface area contributed by atoms with Crippen molar-refractivity contribution in [2.24, 2.45) is 10.9 Å². The first kappa shape index (κ1) is 22.6. The summed E-state index contributed by atoms with van der Waals surface area (Å²) >= 11 is 0. The molecule has 0 spiro atoms. The van der Waals surface area contributed by atoms with Gasteiger partial charge in [-0.1, -0.05) is 33.8 Å². The monoisotopic (exact) mass is 395 g/mol. The van der Waals surface area contributed by atoms with Gasteiger partial charge in [-0.05, 0) is 67.5 Å². The average molecular weight is 396 g/mol. The van der Waals surface area contributed by atoms with Crippen LogP contribution in [0.1, 0.15) is 56.4 Å². The van der Waals surface area contributed by atoms with Crippen molar-refractivity contribution in [3.63, 3.8) is 0 Å². The Bertz CT molecular complexity index is 861. The van der Waals surface area contributed by atoms with Gasteiger partial charge in [0.05, 0.1) is 11.3 Å². The third kappa shape index (κ3) is 5.43. The molecule has 5 heteroatoms. The van der Waals surface area contributed by atoms with Crippen molar-refractivity contribution in [2.75, 3.05) is 18.0 Å². The third-order valence-corrected chi connectivity index (χ3v) is 5.14. The lowest BCUT2D eigenvalue weighted by Crippen LogP contribution is -2.23. The second-order valence-corrected chi connectivity index (χ2v) is 7.27. The molecule has 156 valence electrons. The van der Waals surface area contributed by atoms with Crippen LogP contribution in [0.4, 0.5) is 11.5 Å². The fraction of sp³-hybridized carbons (Fsp3) is 0.458. The van der Waals surface area contributed by atoms with Gasteiger partial charge >= 0.3 is 0 Å². The van der Waals surface area contributed by atoms with Gasteiger partial charge in [0, 0.05) is 19.3 Å². The number of hydrogen-bond donors (Lipinski definition) is 0. The summed E-state index contributed by atoms with van der Waals surface area (Å²) in [6.45, 7) is 14.8. The molecular formula is C24H33N3O2. The van der Waals surface area contributed by atoms with E-state index in [1.165, 1.54) is 5.56 Å². The molecule has 5 nitrogen and oxygen atoms in total. The topological polar surface area (TPSA) is 54.8 Å². The number of aryl methyl sites for hydroxylation is 2. The minimum atomic E-state index is 0.295. The standard InChI is InChI=1S/C22H27N3O2.C2H6/c1-5-18-11-16(3)12-20(17(18)4)24-22(27-14-26)19-7-6-9-23-21(19)25-10-8-15(2)13-25;1-2/h6-7,9,11-12,14-15H,5,8,10,13H2,1-4H3;1-2H3/t15-;/m0./s1. The lowest BCUT2D eigenvalue weighted by molar-refractivity contribution is -0.121. The first-order chi connectivity index (χ1) is 14.0. The van der Waals surface area contributed by atoms with Crippen molar-refractivity contribution >= 4 is 23.9 Å². The lowest BCUT2D eigenvalue weighted by Gasteiger charge is -2.20. The number of ether oxygens (including phenoxy) is 1. The number of carbonyl (C=O) groups excluding carboxylic acids is 1. The second kappa shape index (κ2) is 10.7. The normalized spacial score (nSPS) is 16.3. The van der Waals surface area contributed by atoms with Crippen molar-refractivity contribution in [3.05, 3.63) is 52.7 Å². The van der Waals surface area contributed by atoms with Crippen molar-refractivity contribution in [2.45, 2.75) is 54.4 Å². The molecule has 0 unspecified atom stereocenters. The van der Waals surface area contributed by atoms with E-state index in [4.69, 9.17) is 9.73 Å². The van der Waals surface area contributed by atoms with E-state index in [9.17, 15) is 4.79 Å².